The predicted octanol–water partition coefficient (Wildman–Crippen LogP) is 5.49. The molecular formula is C17H13Cl2NO2S. The van der Waals surface area contributed by atoms with E-state index in [9.17, 15) is 9.90 Å². The number of aliphatic carboxylic acids is 1. The molecule has 0 spiro atoms. The Balaban J connectivity index is 2.25. The van der Waals surface area contributed by atoms with Crippen LogP contribution in [0.1, 0.15) is 5.56 Å². The minimum atomic E-state index is -0.904. The summed E-state index contributed by atoms with van der Waals surface area (Å²) in [5.41, 5.74) is 3.09. The number of nitrogens with one attached hydrogen (secondary N) is 1. The fraction of sp³-hybridized carbons (Fsp3) is 0.118. The van der Waals surface area contributed by atoms with Gasteiger partial charge in [0.15, 0.2) is 0 Å². The number of carboxylic acid groups (broad SMARTS) is 1. The molecule has 0 unspecified atom stereocenters. The molecule has 3 aromatic rings. The maximum atomic E-state index is 11.3. The molecule has 0 bridgehead atoms. The fourth-order valence-corrected chi connectivity index (χ4v) is 3.66. The first-order valence-electron chi connectivity index (χ1n) is 6.85. The smallest absolute Gasteiger partial charge is 0.307 e. The molecule has 0 saturated carbocycles. The molecule has 23 heavy (non-hydrogen) atoms. The quantitative estimate of drug-likeness (QED) is 0.600. The minimum Gasteiger partial charge on any atom is -0.481 e. The number of benzene rings is 2. The number of halogens is 2. The molecular weight excluding hydrogens is 353 g/mol. The molecule has 118 valence electrons. The van der Waals surface area contributed by atoms with Crippen LogP contribution in [-0.2, 0) is 11.2 Å². The normalized spacial score (nSPS) is 11.1. The van der Waals surface area contributed by atoms with E-state index in [2.05, 4.69) is 4.98 Å². The monoisotopic (exact) mass is 365 g/mol. The van der Waals surface area contributed by atoms with Crippen molar-refractivity contribution in [2.45, 2.75) is 11.3 Å². The third-order valence-electron chi connectivity index (χ3n) is 3.62. The number of aromatic nitrogens is 1. The minimum absolute atomic E-state index is 0.110. The van der Waals surface area contributed by atoms with E-state index in [0.29, 0.717) is 21.0 Å². The summed E-state index contributed by atoms with van der Waals surface area (Å²) >= 11 is 14.0. The Kier molecular flexibility index (Phi) is 4.57. The van der Waals surface area contributed by atoms with Crippen LogP contribution in [0, 0.1) is 0 Å². The first-order chi connectivity index (χ1) is 11.0. The molecule has 0 aliphatic carbocycles. The van der Waals surface area contributed by atoms with E-state index in [1.165, 1.54) is 0 Å². The topological polar surface area (TPSA) is 53.1 Å². The van der Waals surface area contributed by atoms with Gasteiger partial charge in [0.05, 0.1) is 17.1 Å². The molecule has 6 heteroatoms. The lowest BCUT2D eigenvalue weighted by molar-refractivity contribution is -0.136. The van der Waals surface area contributed by atoms with Gasteiger partial charge in [0.25, 0.3) is 0 Å². The Morgan fingerprint density at radius 1 is 1.22 bits per heavy atom. The maximum absolute atomic E-state index is 11.3. The lowest BCUT2D eigenvalue weighted by Crippen LogP contribution is -2.01. The second-order valence-electron chi connectivity index (χ2n) is 5.09. The van der Waals surface area contributed by atoms with Gasteiger partial charge in [-0.2, -0.15) is 0 Å². The summed E-state index contributed by atoms with van der Waals surface area (Å²) < 4.78 is 0. The summed E-state index contributed by atoms with van der Waals surface area (Å²) in [5.74, 6) is -0.904. The number of rotatable bonds is 4. The fourth-order valence-electron chi connectivity index (χ4n) is 2.65. The second-order valence-corrected chi connectivity index (χ2v) is 6.81. The van der Waals surface area contributed by atoms with Crippen molar-refractivity contribution in [3.63, 3.8) is 0 Å². The van der Waals surface area contributed by atoms with Crippen molar-refractivity contribution in [1.29, 1.82) is 0 Å². The van der Waals surface area contributed by atoms with Gasteiger partial charge in [-0.1, -0.05) is 35.3 Å². The Morgan fingerprint density at radius 2 is 1.91 bits per heavy atom. The van der Waals surface area contributed by atoms with Crippen LogP contribution in [0.3, 0.4) is 0 Å². The van der Waals surface area contributed by atoms with E-state index < -0.39 is 5.97 Å². The van der Waals surface area contributed by atoms with E-state index in [1.807, 2.05) is 30.5 Å². The van der Waals surface area contributed by atoms with Crippen molar-refractivity contribution in [1.82, 2.24) is 4.98 Å². The summed E-state index contributed by atoms with van der Waals surface area (Å²) in [6.07, 6.45) is 1.90. The molecule has 2 aromatic carbocycles. The molecule has 1 heterocycles. The molecule has 0 amide bonds. The highest BCUT2D eigenvalue weighted by molar-refractivity contribution is 7.98. The highest BCUT2D eigenvalue weighted by Crippen LogP contribution is 2.37. The molecule has 0 atom stereocenters. The zero-order chi connectivity index (χ0) is 16.6. The average molecular weight is 366 g/mol. The number of H-pyrrole nitrogens is 1. The lowest BCUT2D eigenvalue weighted by atomic mass is 10.0. The van der Waals surface area contributed by atoms with Crippen LogP contribution in [-0.4, -0.2) is 22.3 Å². The SMILES string of the molecule is CSc1ccc(-c2[nH]c3cc(Cl)cc(Cl)c3c2CC(=O)O)cc1. The molecule has 0 aliphatic rings. The standard InChI is InChI=1S/C17H13Cl2NO2S/c1-23-11-4-2-9(3-5-11)17-12(8-15(21)22)16-13(19)6-10(18)7-14(16)20-17/h2-7,20H,8H2,1H3,(H,21,22). The number of fused-ring (bicyclic) bond motifs is 1. The van der Waals surface area contributed by atoms with Gasteiger partial charge in [0.1, 0.15) is 0 Å². The molecule has 0 saturated heterocycles. The summed E-state index contributed by atoms with van der Waals surface area (Å²) in [6, 6.07) is 11.3. The van der Waals surface area contributed by atoms with E-state index in [4.69, 9.17) is 23.2 Å². The Morgan fingerprint density at radius 3 is 2.52 bits per heavy atom. The summed E-state index contributed by atoms with van der Waals surface area (Å²) in [4.78, 5) is 15.7. The molecule has 3 nitrogen and oxygen atoms in total. The summed E-state index contributed by atoms with van der Waals surface area (Å²) in [5, 5.41) is 10.9. The Bertz CT molecular complexity index is 888. The van der Waals surface area contributed by atoms with Crippen LogP contribution in [0.2, 0.25) is 10.0 Å². The first-order valence-corrected chi connectivity index (χ1v) is 8.83. The van der Waals surface area contributed by atoms with Crippen molar-refractivity contribution in [3.05, 3.63) is 52.0 Å². The van der Waals surface area contributed by atoms with Gasteiger partial charge in [-0.25, -0.2) is 0 Å². The van der Waals surface area contributed by atoms with Crippen molar-refractivity contribution >= 4 is 51.8 Å². The van der Waals surface area contributed by atoms with E-state index in [-0.39, 0.29) is 6.42 Å². The van der Waals surface area contributed by atoms with Crippen LogP contribution in [0.4, 0.5) is 0 Å². The van der Waals surface area contributed by atoms with Crippen LogP contribution < -0.4 is 0 Å². The summed E-state index contributed by atoms with van der Waals surface area (Å²) in [6.45, 7) is 0. The van der Waals surface area contributed by atoms with Crippen LogP contribution in [0.15, 0.2) is 41.3 Å². The van der Waals surface area contributed by atoms with Gasteiger partial charge in [-0.3, -0.25) is 4.79 Å². The number of aromatic amines is 1. The predicted molar refractivity (Wildman–Crippen MR) is 96.9 cm³/mol. The van der Waals surface area contributed by atoms with Gasteiger partial charge in [0.2, 0.25) is 0 Å². The third-order valence-corrected chi connectivity index (χ3v) is 4.88. The van der Waals surface area contributed by atoms with Crippen LogP contribution in [0.5, 0.6) is 0 Å². The van der Waals surface area contributed by atoms with Crippen molar-refractivity contribution in [2.75, 3.05) is 6.26 Å². The molecule has 0 fully saturated rings. The van der Waals surface area contributed by atoms with Gasteiger partial charge in [0, 0.05) is 20.8 Å². The number of hydrogen-bond acceptors (Lipinski definition) is 2. The molecule has 0 aliphatic heterocycles. The van der Waals surface area contributed by atoms with Gasteiger partial charge in [-0.15, -0.1) is 11.8 Å². The van der Waals surface area contributed by atoms with Gasteiger partial charge in [-0.05, 0) is 41.6 Å². The van der Waals surface area contributed by atoms with Crippen LogP contribution in [0.25, 0.3) is 22.2 Å². The molecule has 3 rings (SSSR count). The van der Waals surface area contributed by atoms with E-state index in [0.717, 1.165) is 21.7 Å². The third kappa shape index (κ3) is 3.20. The highest BCUT2D eigenvalue weighted by Gasteiger charge is 2.18. The van der Waals surface area contributed by atoms with Crippen molar-refractivity contribution in [3.8, 4) is 11.3 Å². The van der Waals surface area contributed by atoms with E-state index in [1.54, 1.807) is 23.9 Å². The zero-order valence-corrected chi connectivity index (χ0v) is 14.5. The summed E-state index contributed by atoms with van der Waals surface area (Å²) in [7, 11) is 0. The number of carbonyl (C=O) groups is 1. The zero-order valence-electron chi connectivity index (χ0n) is 12.2. The van der Waals surface area contributed by atoms with E-state index >= 15 is 0 Å². The lowest BCUT2D eigenvalue weighted by Gasteiger charge is -2.05. The molecule has 2 N–H and O–H groups in total. The Labute approximate surface area is 147 Å². The first kappa shape index (κ1) is 16.2. The Hall–Kier alpha value is -1.62. The molecule has 1 aromatic heterocycles. The van der Waals surface area contributed by atoms with Crippen molar-refractivity contribution in [2.24, 2.45) is 0 Å². The van der Waals surface area contributed by atoms with Crippen molar-refractivity contribution < 1.29 is 9.90 Å². The molecule has 0 radical (unpaired) electrons. The maximum Gasteiger partial charge on any atom is 0.307 e. The van der Waals surface area contributed by atoms with Gasteiger partial charge < -0.3 is 10.1 Å². The number of carboxylic acids is 1. The highest BCUT2D eigenvalue weighted by atomic mass is 35.5. The average Bonchev–Trinajstić information content (AvgIpc) is 2.85. The van der Waals surface area contributed by atoms with Gasteiger partial charge >= 0.3 is 5.97 Å². The number of hydrogen-bond donors (Lipinski definition) is 2. The van der Waals surface area contributed by atoms with Crippen LogP contribution >= 0.6 is 35.0 Å². The largest absolute Gasteiger partial charge is 0.481 e. The second kappa shape index (κ2) is 6.48. The number of thioether (sulfide) groups is 1.